The monoisotopic (exact) mass is 406 g/mol. The molecule has 0 aliphatic heterocycles. The highest BCUT2D eigenvalue weighted by atomic mass is 16.3. The first-order chi connectivity index (χ1) is 12.0. The standard InChI is InChI=1S/C9H12O3.C8H12O2.CO2.3H2O/c1-6-2-3-7(4-10)8(5-11)9(6)12;1-2-3-4-8(7-10)5-6-9;2-1-3;;;/h2-3,10-12H,4-5H2,1H3;2-6,9-10H,7H2,1H3;;3*1H2. The largest absolute Gasteiger partial charge is 0.516 e. The highest BCUT2D eigenvalue weighted by molar-refractivity contribution is 5.44. The first-order valence-electron chi connectivity index (χ1n) is 7.21. The normalized spacial score (nSPS) is 9.54. The SMILES string of the molecule is CC=CC=C(C=CO)CO.Cc1ccc(CO)c(CO)c1O.O.O.O.O=C=O. The number of carbonyl (C=O) groups excluding carboxylic acids is 2. The van der Waals surface area contributed by atoms with E-state index in [-0.39, 0.29) is 48.2 Å². The van der Waals surface area contributed by atoms with Crippen LogP contribution >= 0.6 is 0 Å². The Kier molecular flexibility index (Phi) is 31.2. The second-order valence-corrected chi connectivity index (χ2v) is 4.51. The van der Waals surface area contributed by atoms with E-state index in [9.17, 15) is 5.11 Å². The molecule has 0 aliphatic carbocycles. The third kappa shape index (κ3) is 15.4. The number of hydrogen-bond acceptors (Lipinski definition) is 7. The van der Waals surface area contributed by atoms with Crippen molar-refractivity contribution < 1.29 is 51.6 Å². The van der Waals surface area contributed by atoms with Gasteiger partial charge in [-0.15, -0.1) is 0 Å². The Hall–Kier alpha value is -2.82. The van der Waals surface area contributed by atoms with Crippen LogP contribution in [0.3, 0.4) is 0 Å². The van der Waals surface area contributed by atoms with Crippen molar-refractivity contribution in [2.75, 3.05) is 6.61 Å². The Morgan fingerprint density at radius 3 is 1.96 bits per heavy atom. The predicted molar refractivity (Wildman–Crippen MR) is 102 cm³/mol. The number of rotatable bonds is 5. The van der Waals surface area contributed by atoms with Gasteiger partial charge >= 0.3 is 6.15 Å². The Morgan fingerprint density at radius 1 is 1.07 bits per heavy atom. The zero-order valence-corrected chi connectivity index (χ0v) is 15.7. The first-order valence-corrected chi connectivity index (χ1v) is 7.21. The van der Waals surface area contributed by atoms with Crippen LogP contribution in [0.15, 0.2) is 48.3 Å². The summed E-state index contributed by atoms with van der Waals surface area (Å²) in [5.74, 6) is 0.0732. The average Bonchev–Trinajstić information content (AvgIpc) is 2.62. The predicted octanol–water partition coefficient (Wildman–Crippen LogP) is -0.819. The lowest BCUT2D eigenvalue weighted by Gasteiger charge is -2.08. The van der Waals surface area contributed by atoms with Crippen LogP contribution in [0, 0.1) is 6.92 Å². The maximum absolute atomic E-state index is 9.44. The van der Waals surface area contributed by atoms with Crippen molar-refractivity contribution in [3.63, 3.8) is 0 Å². The van der Waals surface area contributed by atoms with E-state index in [0.717, 1.165) is 6.26 Å². The lowest BCUT2D eigenvalue weighted by atomic mass is 10.0. The number of hydrogen-bond donors (Lipinski definition) is 5. The Labute approximate surface area is 162 Å². The summed E-state index contributed by atoms with van der Waals surface area (Å²) < 4.78 is 0. The van der Waals surface area contributed by atoms with E-state index in [1.54, 1.807) is 31.2 Å². The summed E-state index contributed by atoms with van der Waals surface area (Å²) in [4.78, 5) is 16.2. The minimum atomic E-state index is -0.247. The minimum Gasteiger partial charge on any atom is -0.516 e. The summed E-state index contributed by atoms with van der Waals surface area (Å²) in [5, 5.41) is 44.1. The van der Waals surface area contributed by atoms with Crippen LogP contribution in [-0.2, 0) is 22.8 Å². The molecule has 0 radical (unpaired) electrons. The molecule has 0 aliphatic rings. The fourth-order valence-corrected chi connectivity index (χ4v) is 1.60. The maximum atomic E-state index is 9.44. The molecule has 0 heterocycles. The summed E-state index contributed by atoms with van der Waals surface area (Å²) in [6.07, 6.45) is 7.98. The second kappa shape index (κ2) is 24.2. The molecular formula is C18H30O10. The molecule has 0 amide bonds. The van der Waals surface area contributed by atoms with E-state index >= 15 is 0 Å². The van der Waals surface area contributed by atoms with Crippen molar-refractivity contribution in [2.24, 2.45) is 0 Å². The number of aryl methyl sites for hydroxylation is 1. The van der Waals surface area contributed by atoms with Gasteiger partial charge in [0.1, 0.15) is 5.75 Å². The molecule has 0 spiro atoms. The fraction of sp³-hybridized carbons (Fsp3) is 0.278. The van der Waals surface area contributed by atoms with E-state index in [1.165, 1.54) is 6.08 Å². The van der Waals surface area contributed by atoms with Crippen LogP contribution in [0.1, 0.15) is 23.6 Å². The molecule has 10 nitrogen and oxygen atoms in total. The molecule has 0 saturated carbocycles. The molecule has 162 valence electrons. The molecule has 1 aromatic rings. The minimum absolute atomic E-state index is 0. The quantitative estimate of drug-likeness (QED) is 0.307. The van der Waals surface area contributed by atoms with Gasteiger partial charge in [0.25, 0.3) is 0 Å². The number of benzene rings is 1. The molecule has 0 unspecified atom stereocenters. The van der Waals surface area contributed by atoms with Crippen LogP contribution < -0.4 is 0 Å². The van der Waals surface area contributed by atoms with Crippen molar-refractivity contribution in [1.82, 2.24) is 0 Å². The summed E-state index contributed by atoms with van der Waals surface area (Å²) >= 11 is 0. The van der Waals surface area contributed by atoms with Crippen LogP contribution in [0.2, 0.25) is 0 Å². The van der Waals surface area contributed by atoms with Gasteiger partial charge in [-0.3, -0.25) is 0 Å². The molecule has 11 N–H and O–H groups in total. The second-order valence-electron chi connectivity index (χ2n) is 4.51. The maximum Gasteiger partial charge on any atom is 0.373 e. The first kappa shape index (κ1) is 36.2. The molecule has 1 aromatic carbocycles. The van der Waals surface area contributed by atoms with Gasteiger partial charge in [0.2, 0.25) is 0 Å². The zero-order chi connectivity index (χ0) is 19.7. The lowest BCUT2D eigenvalue weighted by molar-refractivity contribution is -0.191. The highest BCUT2D eigenvalue weighted by Crippen LogP contribution is 2.25. The Morgan fingerprint density at radius 2 is 1.61 bits per heavy atom. The molecule has 10 heteroatoms. The lowest BCUT2D eigenvalue weighted by Crippen LogP contribution is -1.95. The number of aromatic hydroxyl groups is 1. The van der Waals surface area contributed by atoms with Crippen LogP contribution in [-0.4, -0.2) is 54.7 Å². The van der Waals surface area contributed by atoms with Crippen molar-refractivity contribution >= 4 is 6.15 Å². The third-order valence-corrected chi connectivity index (χ3v) is 2.88. The molecule has 1 rings (SSSR count). The zero-order valence-electron chi connectivity index (χ0n) is 15.7. The van der Waals surface area contributed by atoms with Gasteiger partial charge in [0.05, 0.1) is 26.1 Å². The molecule has 0 fully saturated rings. The van der Waals surface area contributed by atoms with E-state index in [4.69, 9.17) is 30.0 Å². The molecule has 28 heavy (non-hydrogen) atoms. The van der Waals surface area contributed by atoms with Crippen molar-refractivity contribution in [3.8, 4) is 5.75 Å². The smallest absolute Gasteiger partial charge is 0.373 e. The molecule has 0 atom stereocenters. The van der Waals surface area contributed by atoms with Crippen molar-refractivity contribution in [2.45, 2.75) is 27.1 Å². The third-order valence-electron chi connectivity index (χ3n) is 2.88. The fourth-order valence-electron chi connectivity index (χ4n) is 1.60. The molecule has 0 aromatic heterocycles. The van der Waals surface area contributed by atoms with E-state index in [1.807, 2.05) is 13.0 Å². The molecular weight excluding hydrogens is 376 g/mol. The van der Waals surface area contributed by atoms with Gasteiger partial charge < -0.3 is 42.0 Å². The topological polar surface area (TPSA) is 230 Å². The molecule has 0 bridgehead atoms. The number of allylic oxidation sites excluding steroid dienone is 3. The summed E-state index contributed by atoms with van der Waals surface area (Å²) in [5.41, 5.74) is 2.37. The van der Waals surface area contributed by atoms with Crippen LogP contribution in [0.4, 0.5) is 0 Å². The Balaban J connectivity index is -0.000000102. The van der Waals surface area contributed by atoms with Gasteiger partial charge in [0.15, 0.2) is 0 Å². The van der Waals surface area contributed by atoms with E-state index in [0.29, 0.717) is 22.3 Å². The summed E-state index contributed by atoms with van der Waals surface area (Å²) in [6, 6.07) is 3.40. The number of aliphatic hydroxyl groups is 4. The van der Waals surface area contributed by atoms with Gasteiger partial charge in [-0.1, -0.05) is 30.4 Å². The van der Waals surface area contributed by atoms with Gasteiger partial charge in [-0.25, -0.2) is 0 Å². The summed E-state index contributed by atoms with van der Waals surface area (Å²) in [7, 11) is 0. The van der Waals surface area contributed by atoms with Gasteiger partial charge in [-0.05, 0) is 36.6 Å². The van der Waals surface area contributed by atoms with Crippen LogP contribution in [0.25, 0.3) is 0 Å². The van der Waals surface area contributed by atoms with E-state index < -0.39 is 0 Å². The van der Waals surface area contributed by atoms with Gasteiger partial charge in [-0.2, -0.15) is 9.59 Å². The number of aliphatic hydroxyl groups excluding tert-OH is 4. The van der Waals surface area contributed by atoms with Crippen molar-refractivity contribution in [3.05, 3.63) is 65.0 Å². The van der Waals surface area contributed by atoms with E-state index in [2.05, 4.69) is 0 Å². The highest BCUT2D eigenvalue weighted by Gasteiger charge is 2.07. The molecule has 0 saturated heterocycles. The van der Waals surface area contributed by atoms with Crippen LogP contribution in [0.5, 0.6) is 5.75 Å². The average molecular weight is 406 g/mol. The van der Waals surface area contributed by atoms with Crippen molar-refractivity contribution in [1.29, 1.82) is 0 Å². The summed E-state index contributed by atoms with van der Waals surface area (Å²) in [6.45, 7) is 3.17. The number of phenols is 1. The Bertz CT molecular complexity index is 615. The van der Waals surface area contributed by atoms with Gasteiger partial charge in [0, 0.05) is 5.56 Å².